The Kier molecular flexibility index (Phi) is 4.77. The molecular weight excluding hydrogens is 404 g/mol. The minimum atomic E-state index is -0.222. The number of para-hydroxylation sites is 1. The van der Waals surface area contributed by atoms with Crippen molar-refractivity contribution in [3.8, 4) is 5.75 Å². The molecule has 1 heterocycles. The predicted molar refractivity (Wildman–Crippen MR) is 109 cm³/mol. The second-order valence-electron chi connectivity index (χ2n) is 6.35. The molecule has 0 radical (unpaired) electrons. The van der Waals surface area contributed by atoms with Crippen molar-refractivity contribution in [3.63, 3.8) is 0 Å². The normalized spacial score (nSPS) is 16.3. The zero-order valence-corrected chi connectivity index (χ0v) is 16.0. The Hall–Kier alpha value is -2.92. The molecule has 0 unspecified atom stereocenters. The summed E-state index contributed by atoms with van der Waals surface area (Å²) in [5, 5.41) is 16.3. The molecule has 0 aromatic heterocycles. The minimum absolute atomic E-state index is 0.158. The molecule has 0 saturated heterocycles. The molecule has 1 aliphatic rings. The van der Waals surface area contributed by atoms with Gasteiger partial charge in [-0.2, -0.15) is 5.10 Å². The first-order valence-corrected chi connectivity index (χ1v) is 9.43. The van der Waals surface area contributed by atoms with Crippen LogP contribution in [0.15, 0.2) is 88.4 Å². The highest BCUT2D eigenvalue weighted by atomic mass is 79.9. The van der Waals surface area contributed by atoms with Crippen molar-refractivity contribution in [1.29, 1.82) is 0 Å². The van der Waals surface area contributed by atoms with E-state index in [2.05, 4.69) is 21.0 Å². The standard InChI is InChI=1S/C22H17BrN2O2/c23-17-12-10-15(11-13-17)20-14-19(18-8-4-5-9-21(18)26)24-25(20)22(27)16-6-2-1-3-7-16/h1-13,20,26H,14H2/t20-/m0/s1. The van der Waals surface area contributed by atoms with Crippen LogP contribution in [0, 0.1) is 0 Å². The third-order valence-corrected chi connectivity index (χ3v) is 5.14. The number of carbonyl (C=O) groups excluding carboxylic acids is 1. The predicted octanol–water partition coefficient (Wildman–Crippen LogP) is 5.15. The van der Waals surface area contributed by atoms with Crippen LogP contribution in [-0.4, -0.2) is 21.7 Å². The molecule has 5 heteroatoms. The number of phenols is 1. The SMILES string of the molecule is O=C(c1ccccc1)N1N=C(c2ccccc2O)C[C@H]1c1ccc(Br)cc1. The van der Waals surface area contributed by atoms with Gasteiger partial charge in [0.15, 0.2) is 0 Å². The summed E-state index contributed by atoms with van der Waals surface area (Å²) in [5.74, 6) is 0.00811. The van der Waals surface area contributed by atoms with Crippen LogP contribution < -0.4 is 0 Å². The van der Waals surface area contributed by atoms with Gasteiger partial charge in [-0.1, -0.05) is 58.4 Å². The van der Waals surface area contributed by atoms with Crippen LogP contribution in [0.3, 0.4) is 0 Å². The molecule has 3 aromatic carbocycles. The van der Waals surface area contributed by atoms with Gasteiger partial charge in [0, 0.05) is 22.0 Å². The highest BCUT2D eigenvalue weighted by molar-refractivity contribution is 9.10. The van der Waals surface area contributed by atoms with Crippen LogP contribution in [0.4, 0.5) is 0 Å². The number of rotatable bonds is 3. The molecule has 4 rings (SSSR count). The largest absolute Gasteiger partial charge is 0.507 e. The topological polar surface area (TPSA) is 52.9 Å². The smallest absolute Gasteiger partial charge is 0.274 e. The second kappa shape index (κ2) is 7.37. The van der Waals surface area contributed by atoms with Gasteiger partial charge in [-0.05, 0) is 42.0 Å². The highest BCUT2D eigenvalue weighted by Crippen LogP contribution is 2.36. The van der Waals surface area contributed by atoms with Crippen molar-refractivity contribution in [1.82, 2.24) is 5.01 Å². The molecule has 27 heavy (non-hydrogen) atoms. The summed E-state index contributed by atoms with van der Waals surface area (Å²) >= 11 is 3.45. The molecule has 0 spiro atoms. The Labute approximate surface area is 165 Å². The first-order chi connectivity index (χ1) is 13.1. The van der Waals surface area contributed by atoms with Crippen molar-refractivity contribution in [2.45, 2.75) is 12.5 Å². The summed E-state index contributed by atoms with van der Waals surface area (Å²) < 4.78 is 0.979. The Bertz CT molecular complexity index is 1000. The zero-order chi connectivity index (χ0) is 18.8. The lowest BCUT2D eigenvalue weighted by Crippen LogP contribution is -2.27. The van der Waals surface area contributed by atoms with E-state index in [1.165, 1.54) is 5.01 Å². The summed E-state index contributed by atoms with van der Waals surface area (Å²) in [5.41, 5.74) is 2.94. The van der Waals surface area contributed by atoms with E-state index < -0.39 is 0 Å². The molecule has 0 saturated carbocycles. The van der Waals surface area contributed by atoms with Gasteiger partial charge in [-0.25, -0.2) is 5.01 Å². The number of benzene rings is 3. The van der Waals surface area contributed by atoms with Gasteiger partial charge < -0.3 is 5.11 Å². The number of amides is 1. The monoisotopic (exact) mass is 420 g/mol. The summed E-state index contributed by atoms with van der Waals surface area (Å²) in [6.45, 7) is 0. The van der Waals surface area contributed by atoms with Crippen LogP contribution in [-0.2, 0) is 0 Å². The fraction of sp³-hybridized carbons (Fsp3) is 0.0909. The molecule has 1 N–H and O–H groups in total. The quantitative estimate of drug-likeness (QED) is 0.636. The number of nitrogens with zero attached hydrogens (tertiary/aromatic N) is 2. The van der Waals surface area contributed by atoms with Crippen molar-refractivity contribution in [3.05, 3.63) is 100 Å². The molecule has 0 fully saturated rings. The number of aromatic hydroxyl groups is 1. The molecule has 1 amide bonds. The Morgan fingerprint density at radius 1 is 0.963 bits per heavy atom. The Balaban J connectivity index is 1.75. The minimum Gasteiger partial charge on any atom is -0.507 e. The molecule has 0 bridgehead atoms. The van der Waals surface area contributed by atoms with Gasteiger partial charge in [0.2, 0.25) is 0 Å². The van der Waals surface area contributed by atoms with E-state index in [1.54, 1.807) is 24.3 Å². The average Bonchev–Trinajstić information content (AvgIpc) is 3.14. The molecule has 134 valence electrons. The van der Waals surface area contributed by atoms with E-state index in [0.29, 0.717) is 23.3 Å². The van der Waals surface area contributed by atoms with Crippen LogP contribution in [0.5, 0.6) is 5.75 Å². The van der Waals surface area contributed by atoms with Gasteiger partial charge >= 0.3 is 0 Å². The number of hydrogen-bond donors (Lipinski definition) is 1. The maximum atomic E-state index is 13.1. The fourth-order valence-electron chi connectivity index (χ4n) is 3.24. The van der Waals surface area contributed by atoms with Gasteiger partial charge in [0.25, 0.3) is 5.91 Å². The average molecular weight is 421 g/mol. The lowest BCUT2D eigenvalue weighted by molar-refractivity contribution is 0.0711. The first-order valence-electron chi connectivity index (χ1n) is 8.63. The number of halogens is 1. The molecule has 4 nitrogen and oxygen atoms in total. The van der Waals surface area contributed by atoms with Crippen LogP contribution in [0.1, 0.15) is 33.9 Å². The van der Waals surface area contributed by atoms with Gasteiger partial charge in [0.05, 0.1) is 11.8 Å². The van der Waals surface area contributed by atoms with Crippen molar-refractivity contribution in [2.24, 2.45) is 5.10 Å². The van der Waals surface area contributed by atoms with Gasteiger partial charge in [-0.3, -0.25) is 4.79 Å². The van der Waals surface area contributed by atoms with Crippen LogP contribution in [0.2, 0.25) is 0 Å². The van der Waals surface area contributed by atoms with Gasteiger partial charge in [-0.15, -0.1) is 0 Å². The lowest BCUT2D eigenvalue weighted by Gasteiger charge is -2.22. The van der Waals surface area contributed by atoms with E-state index in [4.69, 9.17) is 0 Å². The van der Waals surface area contributed by atoms with E-state index in [9.17, 15) is 9.90 Å². The van der Waals surface area contributed by atoms with Crippen molar-refractivity contribution < 1.29 is 9.90 Å². The number of hydrazone groups is 1. The summed E-state index contributed by atoms with van der Waals surface area (Å²) in [7, 11) is 0. The summed E-state index contributed by atoms with van der Waals surface area (Å²) in [4.78, 5) is 13.1. The third-order valence-electron chi connectivity index (χ3n) is 4.61. The Morgan fingerprint density at radius 3 is 2.33 bits per heavy atom. The summed E-state index contributed by atoms with van der Waals surface area (Å²) in [6, 6.07) is 23.9. The van der Waals surface area contributed by atoms with E-state index in [0.717, 1.165) is 10.0 Å². The number of phenolic OH excluding ortho intramolecular Hbond substituents is 1. The molecule has 3 aromatic rings. The first kappa shape index (κ1) is 17.5. The maximum absolute atomic E-state index is 13.1. The van der Waals surface area contributed by atoms with Crippen LogP contribution in [0.25, 0.3) is 0 Å². The molecule has 0 aliphatic carbocycles. The van der Waals surface area contributed by atoms with E-state index in [1.807, 2.05) is 54.6 Å². The van der Waals surface area contributed by atoms with Crippen molar-refractivity contribution in [2.75, 3.05) is 0 Å². The van der Waals surface area contributed by atoms with E-state index in [-0.39, 0.29) is 17.7 Å². The lowest BCUT2D eigenvalue weighted by atomic mass is 9.97. The summed E-state index contributed by atoms with van der Waals surface area (Å²) in [6.07, 6.45) is 0.539. The number of hydrogen-bond acceptors (Lipinski definition) is 3. The maximum Gasteiger partial charge on any atom is 0.274 e. The number of carbonyl (C=O) groups is 1. The van der Waals surface area contributed by atoms with Crippen LogP contribution >= 0.6 is 15.9 Å². The van der Waals surface area contributed by atoms with E-state index >= 15 is 0 Å². The molecule has 1 atom stereocenters. The molecule has 1 aliphatic heterocycles. The second-order valence-corrected chi connectivity index (χ2v) is 7.27. The third kappa shape index (κ3) is 3.51. The van der Waals surface area contributed by atoms with Crippen molar-refractivity contribution >= 4 is 27.5 Å². The highest BCUT2D eigenvalue weighted by Gasteiger charge is 2.34. The Morgan fingerprint density at radius 2 is 1.63 bits per heavy atom. The molecular formula is C22H17BrN2O2. The van der Waals surface area contributed by atoms with Gasteiger partial charge in [0.1, 0.15) is 5.75 Å². The fourth-order valence-corrected chi connectivity index (χ4v) is 3.50. The zero-order valence-electron chi connectivity index (χ0n) is 14.4.